The highest BCUT2D eigenvalue weighted by Gasteiger charge is 2.05. The molecule has 2 rings (SSSR count). The van der Waals surface area contributed by atoms with Gasteiger partial charge in [-0.3, -0.25) is 0 Å². The largest absolute Gasteiger partial charge is 0.323 e. The topological polar surface area (TPSA) is 38.0 Å². The van der Waals surface area contributed by atoms with E-state index in [1.807, 2.05) is 18.2 Å². The molecule has 4 heteroatoms. The van der Waals surface area contributed by atoms with E-state index >= 15 is 0 Å². The molecule has 0 amide bonds. The van der Waals surface area contributed by atoms with E-state index in [0.717, 1.165) is 13.1 Å². The zero-order chi connectivity index (χ0) is 12.1. The zero-order valence-corrected chi connectivity index (χ0v) is 11.8. The molecule has 90 valence electrons. The van der Waals surface area contributed by atoms with Crippen molar-refractivity contribution in [2.45, 2.75) is 12.6 Å². The lowest BCUT2D eigenvalue weighted by molar-refractivity contribution is 0.601. The van der Waals surface area contributed by atoms with Crippen molar-refractivity contribution >= 4 is 27.3 Å². The quantitative estimate of drug-likeness (QED) is 0.889. The molecule has 0 fully saturated rings. The van der Waals surface area contributed by atoms with Crippen molar-refractivity contribution in [2.24, 2.45) is 5.73 Å². The van der Waals surface area contributed by atoms with E-state index in [-0.39, 0.29) is 6.04 Å². The average molecular weight is 311 g/mol. The van der Waals surface area contributed by atoms with Crippen LogP contribution < -0.4 is 11.1 Å². The number of thiophene rings is 1. The summed E-state index contributed by atoms with van der Waals surface area (Å²) < 4.78 is 1.17. The molecule has 1 heterocycles. The maximum absolute atomic E-state index is 6.10. The number of hydrogen-bond acceptors (Lipinski definition) is 3. The number of nitrogens with one attached hydrogen (secondary N) is 1. The zero-order valence-electron chi connectivity index (χ0n) is 9.40. The van der Waals surface area contributed by atoms with Gasteiger partial charge < -0.3 is 11.1 Å². The summed E-state index contributed by atoms with van der Waals surface area (Å²) in [5.74, 6) is 0. The molecule has 17 heavy (non-hydrogen) atoms. The molecule has 1 atom stereocenters. The van der Waals surface area contributed by atoms with Crippen molar-refractivity contribution in [1.29, 1.82) is 0 Å². The molecule has 1 unspecified atom stereocenters. The minimum atomic E-state index is 0.0509. The van der Waals surface area contributed by atoms with E-state index in [1.165, 1.54) is 14.9 Å². The lowest BCUT2D eigenvalue weighted by Gasteiger charge is -2.12. The van der Waals surface area contributed by atoms with Gasteiger partial charge in [0.05, 0.1) is 0 Å². The second-order valence-corrected chi connectivity index (χ2v) is 5.69. The Hall–Kier alpha value is -0.680. The second-order valence-electron chi connectivity index (χ2n) is 3.84. The number of halogens is 1. The molecule has 0 radical (unpaired) electrons. The van der Waals surface area contributed by atoms with Gasteiger partial charge in [0.1, 0.15) is 0 Å². The van der Waals surface area contributed by atoms with Gasteiger partial charge in [-0.2, -0.15) is 0 Å². The first kappa shape index (κ1) is 12.8. The first-order chi connectivity index (χ1) is 8.27. The Labute approximate surface area is 114 Å². The van der Waals surface area contributed by atoms with E-state index in [0.29, 0.717) is 0 Å². The van der Waals surface area contributed by atoms with E-state index in [9.17, 15) is 0 Å². The Balaban J connectivity index is 1.81. The Morgan fingerprint density at radius 2 is 2.00 bits per heavy atom. The standard InChI is InChI=1S/C13H15BrN2S/c14-11-6-7-17-13(11)9-16-8-12(15)10-4-2-1-3-5-10/h1-7,12,16H,8-9,15H2. The molecule has 0 saturated heterocycles. The third-order valence-electron chi connectivity index (χ3n) is 2.57. The predicted octanol–water partition coefficient (Wildman–Crippen LogP) is 3.30. The van der Waals surface area contributed by atoms with E-state index in [1.54, 1.807) is 11.3 Å². The molecule has 0 bridgehead atoms. The van der Waals surface area contributed by atoms with E-state index < -0.39 is 0 Å². The summed E-state index contributed by atoms with van der Waals surface area (Å²) in [6.45, 7) is 1.65. The van der Waals surface area contributed by atoms with Crippen LogP contribution >= 0.6 is 27.3 Å². The molecule has 0 aliphatic heterocycles. The first-order valence-corrected chi connectivity index (χ1v) is 7.18. The fourth-order valence-corrected chi connectivity index (χ4v) is 3.07. The third-order valence-corrected chi connectivity index (χ3v) is 4.49. The molecular weight excluding hydrogens is 296 g/mol. The van der Waals surface area contributed by atoms with Gasteiger partial charge in [-0.25, -0.2) is 0 Å². The van der Waals surface area contributed by atoms with Crippen LogP contribution in [0.25, 0.3) is 0 Å². The van der Waals surface area contributed by atoms with E-state index in [2.05, 4.69) is 44.8 Å². The van der Waals surface area contributed by atoms with Gasteiger partial charge >= 0.3 is 0 Å². The fraction of sp³-hybridized carbons (Fsp3) is 0.231. The molecule has 1 aromatic heterocycles. The molecular formula is C13H15BrN2S. The van der Waals surface area contributed by atoms with Gasteiger partial charge in [0.15, 0.2) is 0 Å². The van der Waals surface area contributed by atoms with Gasteiger partial charge in [-0.15, -0.1) is 11.3 Å². The van der Waals surface area contributed by atoms with Crippen LogP contribution in [0.1, 0.15) is 16.5 Å². The number of nitrogens with two attached hydrogens (primary N) is 1. The summed E-state index contributed by atoms with van der Waals surface area (Å²) in [6.07, 6.45) is 0. The smallest absolute Gasteiger partial charge is 0.0421 e. The minimum absolute atomic E-state index is 0.0509. The Bertz CT molecular complexity index is 455. The van der Waals surface area contributed by atoms with Crippen LogP contribution in [0.4, 0.5) is 0 Å². The summed E-state index contributed by atoms with van der Waals surface area (Å²) in [4.78, 5) is 1.31. The van der Waals surface area contributed by atoms with Crippen LogP contribution in [0, 0.1) is 0 Å². The lowest BCUT2D eigenvalue weighted by Crippen LogP contribution is -2.26. The molecule has 0 saturated carbocycles. The van der Waals surface area contributed by atoms with E-state index in [4.69, 9.17) is 5.73 Å². The second kappa shape index (κ2) is 6.31. The van der Waals surface area contributed by atoms with Gasteiger partial charge in [0.2, 0.25) is 0 Å². The van der Waals surface area contributed by atoms with Crippen LogP contribution in [0.15, 0.2) is 46.3 Å². The molecule has 1 aromatic carbocycles. The Morgan fingerprint density at radius 1 is 1.24 bits per heavy atom. The maximum Gasteiger partial charge on any atom is 0.0421 e. The predicted molar refractivity (Wildman–Crippen MR) is 77.1 cm³/mol. The van der Waals surface area contributed by atoms with Crippen LogP contribution in [0.2, 0.25) is 0 Å². The lowest BCUT2D eigenvalue weighted by atomic mass is 10.1. The van der Waals surface area contributed by atoms with Crippen LogP contribution in [0.3, 0.4) is 0 Å². The summed E-state index contributed by atoms with van der Waals surface area (Å²) >= 11 is 5.26. The summed E-state index contributed by atoms with van der Waals surface area (Å²) in [7, 11) is 0. The Morgan fingerprint density at radius 3 is 2.65 bits per heavy atom. The summed E-state index contributed by atoms with van der Waals surface area (Å²) in [6, 6.07) is 12.3. The Kier molecular flexibility index (Phi) is 4.74. The molecule has 0 aliphatic rings. The van der Waals surface area contributed by atoms with Crippen molar-refractivity contribution in [3.8, 4) is 0 Å². The van der Waals surface area contributed by atoms with Gasteiger partial charge in [-0.1, -0.05) is 30.3 Å². The minimum Gasteiger partial charge on any atom is -0.323 e. The molecule has 2 aromatic rings. The van der Waals surface area contributed by atoms with Crippen molar-refractivity contribution in [3.05, 3.63) is 56.7 Å². The van der Waals surface area contributed by atoms with Crippen molar-refractivity contribution in [3.63, 3.8) is 0 Å². The molecule has 2 nitrogen and oxygen atoms in total. The van der Waals surface area contributed by atoms with Gasteiger partial charge in [0.25, 0.3) is 0 Å². The molecule has 3 N–H and O–H groups in total. The van der Waals surface area contributed by atoms with Gasteiger partial charge in [-0.05, 0) is 32.9 Å². The average Bonchev–Trinajstić information content (AvgIpc) is 2.76. The SMILES string of the molecule is NC(CNCc1sccc1Br)c1ccccc1. The highest BCUT2D eigenvalue weighted by molar-refractivity contribution is 9.10. The normalized spacial score (nSPS) is 12.6. The van der Waals surface area contributed by atoms with Crippen molar-refractivity contribution in [2.75, 3.05) is 6.54 Å². The number of benzene rings is 1. The molecule has 0 aliphatic carbocycles. The summed E-state index contributed by atoms with van der Waals surface area (Å²) in [5, 5.41) is 5.46. The van der Waals surface area contributed by atoms with Crippen LogP contribution in [0.5, 0.6) is 0 Å². The first-order valence-electron chi connectivity index (χ1n) is 5.50. The summed E-state index contributed by atoms with van der Waals surface area (Å²) in [5.41, 5.74) is 7.27. The fourth-order valence-electron chi connectivity index (χ4n) is 1.61. The van der Waals surface area contributed by atoms with Crippen LogP contribution in [-0.2, 0) is 6.54 Å². The maximum atomic E-state index is 6.10. The number of rotatable bonds is 5. The number of hydrogen-bond donors (Lipinski definition) is 2. The highest BCUT2D eigenvalue weighted by Crippen LogP contribution is 2.22. The monoisotopic (exact) mass is 310 g/mol. The van der Waals surface area contributed by atoms with Crippen molar-refractivity contribution in [1.82, 2.24) is 5.32 Å². The van der Waals surface area contributed by atoms with Gasteiger partial charge in [0, 0.05) is 28.5 Å². The van der Waals surface area contributed by atoms with Crippen molar-refractivity contribution < 1.29 is 0 Å². The highest BCUT2D eigenvalue weighted by atomic mass is 79.9. The molecule has 0 spiro atoms. The third kappa shape index (κ3) is 3.64. The van der Waals surface area contributed by atoms with Crippen LogP contribution in [-0.4, -0.2) is 6.54 Å².